The fraction of sp³-hybridized carbons (Fsp3) is 0.304. The zero-order valence-electron chi connectivity index (χ0n) is 19.2. The van der Waals surface area contributed by atoms with Gasteiger partial charge in [-0.05, 0) is 12.1 Å². The Morgan fingerprint density at radius 2 is 1.86 bits per heavy atom. The standard InChI is InChI=1S/C23H23Cl2N5O5/c1-5-17(31)27-13-9-35-10-14(13)28-23-26-8-11-6-12(22(32)30(2)21(11)29-23)18-19(24)15(33-3)7-16(34-4)20(18)25/h5-8,13-14H,1,9-10H2,2-4H3,(H,27,31)(H,26,28,29)/t13?,14-/m0/s1. The summed E-state index contributed by atoms with van der Waals surface area (Å²) in [6.45, 7) is 4.16. The van der Waals surface area contributed by atoms with Crippen molar-refractivity contribution >= 4 is 46.1 Å². The molecule has 1 aromatic carbocycles. The number of methoxy groups -OCH3 is 2. The van der Waals surface area contributed by atoms with Gasteiger partial charge in [0.05, 0.1) is 55.1 Å². The molecule has 2 N–H and O–H groups in total. The van der Waals surface area contributed by atoms with Crippen LogP contribution in [-0.4, -0.2) is 60.0 Å². The fourth-order valence-electron chi connectivity index (χ4n) is 3.86. The average molecular weight is 520 g/mol. The quantitative estimate of drug-likeness (QED) is 0.457. The highest BCUT2D eigenvalue weighted by atomic mass is 35.5. The molecule has 0 aliphatic carbocycles. The number of hydrogen-bond acceptors (Lipinski definition) is 8. The zero-order chi connectivity index (χ0) is 25.3. The highest BCUT2D eigenvalue weighted by Crippen LogP contribution is 2.45. The molecule has 35 heavy (non-hydrogen) atoms. The topological polar surface area (TPSA) is 117 Å². The number of carbonyl (C=O) groups is 1. The maximum absolute atomic E-state index is 13.4. The minimum Gasteiger partial charge on any atom is -0.495 e. The van der Waals surface area contributed by atoms with Gasteiger partial charge in [0.1, 0.15) is 17.1 Å². The maximum Gasteiger partial charge on any atom is 0.259 e. The lowest BCUT2D eigenvalue weighted by Gasteiger charge is -2.20. The number of hydrogen-bond donors (Lipinski definition) is 2. The van der Waals surface area contributed by atoms with E-state index in [4.69, 9.17) is 37.4 Å². The van der Waals surface area contributed by atoms with Crippen LogP contribution in [0.25, 0.3) is 22.2 Å². The molecular formula is C23H23Cl2N5O5. The second-order valence-electron chi connectivity index (χ2n) is 7.79. The summed E-state index contributed by atoms with van der Waals surface area (Å²) in [7, 11) is 4.51. The van der Waals surface area contributed by atoms with Crippen LogP contribution in [0.1, 0.15) is 0 Å². The first-order chi connectivity index (χ1) is 16.8. The number of nitrogens with one attached hydrogen (secondary N) is 2. The monoisotopic (exact) mass is 519 g/mol. The Morgan fingerprint density at radius 3 is 2.49 bits per heavy atom. The lowest BCUT2D eigenvalue weighted by atomic mass is 10.0. The van der Waals surface area contributed by atoms with Crippen molar-refractivity contribution in [3.8, 4) is 22.6 Å². The van der Waals surface area contributed by atoms with Crippen molar-refractivity contribution in [1.82, 2.24) is 19.9 Å². The van der Waals surface area contributed by atoms with Crippen molar-refractivity contribution in [1.29, 1.82) is 0 Å². The van der Waals surface area contributed by atoms with E-state index in [1.807, 2.05) is 0 Å². The van der Waals surface area contributed by atoms with Gasteiger partial charge < -0.3 is 24.8 Å². The summed E-state index contributed by atoms with van der Waals surface area (Å²) in [6.07, 6.45) is 2.78. The molecule has 0 bridgehead atoms. The van der Waals surface area contributed by atoms with Gasteiger partial charge in [0, 0.05) is 30.3 Å². The van der Waals surface area contributed by atoms with E-state index in [-0.39, 0.29) is 50.7 Å². The Balaban J connectivity index is 1.75. The summed E-state index contributed by atoms with van der Waals surface area (Å²) >= 11 is 13.1. The average Bonchev–Trinajstić information content (AvgIpc) is 3.28. The maximum atomic E-state index is 13.4. The van der Waals surface area contributed by atoms with E-state index in [1.54, 1.807) is 25.4 Å². The number of aromatic nitrogens is 3. The van der Waals surface area contributed by atoms with E-state index in [9.17, 15) is 9.59 Å². The largest absolute Gasteiger partial charge is 0.495 e. The number of benzene rings is 1. The van der Waals surface area contributed by atoms with E-state index >= 15 is 0 Å². The van der Waals surface area contributed by atoms with Gasteiger partial charge in [-0.2, -0.15) is 4.98 Å². The Bertz CT molecular complexity index is 1350. The van der Waals surface area contributed by atoms with Gasteiger partial charge in [-0.3, -0.25) is 14.2 Å². The van der Waals surface area contributed by atoms with E-state index in [2.05, 4.69) is 27.2 Å². The van der Waals surface area contributed by atoms with Gasteiger partial charge in [0.25, 0.3) is 5.56 Å². The molecule has 0 radical (unpaired) electrons. The van der Waals surface area contributed by atoms with Crippen LogP contribution in [0.5, 0.6) is 11.5 Å². The van der Waals surface area contributed by atoms with E-state index < -0.39 is 0 Å². The molecule has 1 fully saturated rings. The number of fused-ring (bicyclic) bond motifs is 1. The first-order valence-electron chi connectivity index (χ1n) is 10.5. The summed E-state index contributed by atoms with van der Waals surface area (Å²) in [4.78, 5) is 33.9. The van der Waals surface area contributed by atoms with Gasteiger partial charge in [0.15, 0.2) is 0 Å². The number of pyridine rings is 1. The molecule has 10 nitrogen and oxygen atoms in total. The van der Waals surface area contributed by atoms with Gasteiger partial charge in [-0.1, -0.05) is 29.8 Å². The number of halogens is 2. The molecule has 3 heterocycles. The lowest BCUT2D eigenvalue weighted by Crippen LogP contribution is -2.45. The van der Waals surface area contributed by atoms with E-state index in [0.29, 0.717) is 35.7 Å². The Labute approximate surface area is 210 Å². The number of anilines is 1. The van der Waals surface area contributed by atoms with Crippen LogP contribution >= 0.6 is 23.2 Å². The second kappa shape index (κ2) is 10.1. The highest BCUT2D eigenvalue weighted by Gasteiger charge is 2.30. The van der Waals surface area contributed by atoms with Crippen LogP contribution < -0.4 is 25.7 Å². The number of rotatable bonds is 7. The second-order valence-corrected chi connectivity index (χ2v) is 8.54. The molecule has 184 valence electrons. The van der Waals surface area contributed by atoms with Crippen LogP contribution in [0, 0.1) is 0 Å². The Morgan fingerprint density at radius 1 is 1.20 bits per heavy atom. The molecule has 1 unspecified atom stereocenters. The summed E-state index contributed by atoms with van der Waals surface area (Å²) in [5.74, 6) is 0.622. The van der Waals surface area contributed by atoms with Crippen LogP contribution in [-0.2, 0) is 16.6 Å². The molecule has 1 aliphatic heterocycles. The first kappa shape index (κ1) is 24.8. The number of ether oxygens (including phenoxy) is 3. The Kier molecular flexibility index (Phi) is 7.15. The predicted octanol–water partition coefficient (Wildman–Crippen LogP) is 2.80. The molecule has 2 atom stereocenters. The van der Waals surface area contributed by atoms with Crippen molar-refractivity contribution in [2.24, 2.45) is 7.05 Å². The molecule has 1 saturated heterocycles. The van der Waals surface area contributed by atoms with Crippen molar-refractivity contribution in [3.63, 3.8) is 0 Å². The zero-order valence-corrected chi connectivity index (χ0v) is 20.7. The number of amides is 1. The third-order valence-corrected chi connectivity index (χ3v) is 6.45. The van der Waals surface area contributed by atoms with Crippen LogP contribution in [0.2, 0.25) is 10.0 Å². The van der Waals surface area contributed by atoms with Crippen molar-refractivity contribution < 1.29 is 19.0 Å². The smallest absolute Gasteiger partial charge is 0.259 e. The molecule has 0 spiro atoms. The summed E-state index contributed by atoms with van der Waals surface area (Å²) in [5, 5.41) is 6.93. The number of carbonyl (C=O) groups excluding carboxylic acids is 1. The van der Waals surface area contributed by atoms with Gasteiger partial charge in [0.2, 0.25) is 11.9 Å². The molecule has 2 aromatic heterocycles. The van der Waals surface area contributed by atoms with E-state index in [0.717, 1.165) is 0 Å². The van der Waals surface area contributed by atoms with Crippen molar-refractivity contribution in [3.05, 3.63) is 51.4 Å². The predicted molar refractivity (Wildman–Crippen MR) is 134 cm³/mol. The van der Waals surface area contributed by atoms with E-state index in [1.165, 1.54) is 24.9 Å². The molecule has 0 saturated carbocycles. The number of aryl methyl sites for hydroxylation is 1. The van der Waals surface area contributed by atoms with Crippen molar-refractivity contribution in [2.45, 2.75) is 12.1 Å². The third-order valence-electron chi connectivity index (χ3n) is 5.70. The molecule has 1 aliphatic rings. The van der Waals surface area contributed by atoms with Crippen LogP contribution in [0.3, 0.4) is 0 Å². The molecule has 1 amide bonds. The van der Waals surface area contributed by atoms with Gasteiger partial charge in [-0.15, -0.1) is 0 Å². The summed E-state index contributed by atoms with van der Waals surface area (Å²) < 4.78 is 17.5. The van der Waals surface area contributed by atoms with Gasteiger partial charge >= 0.3 is 0 Å². The summed E-state index contributed by atoms with van der Waals surface area (Å²) in [5.41, 5.74) is 0.552. The third kappa shape index (κ3) is 4.64. The number of nitrogens with zero attached hydrogens (tertiary/aromatic N) is 3. The Hall–Kier alpha value is -3.34. The molecule has 3 aromatic rings. The minimum atomic E-state index is -0.374. The minimum absolute atomic E-state index is 0.183. The molecular weight excluding hydrogens is 497 g/mol. The summed E-state index contributed by atoms with van der Waals surface area (Å²) in [6, 6.07) is 2.64. The van der Waals surface area contributed by atoms with Crippen molar-refractivity contribution in [2.75, 3.05) is 32.8 Å². The first-order valence-corrected chi connectivity index (χ1v) is 11.3. The van der Waals surface area contributed by atoms with Crippen LogP contribution in [0.15, 0.2) is 35.8 Å². The highest BCUT2D eigenvalue weighted by molar-refractivity contribution is 6.41. The van der Waals surface area contributed by atoms with Gasteiger partial charge in [-0.25, -0.2) is 4.98 Å². The normalized spacial score (nSPS) is 17.3. The molecule has 4 rings (SSSR count). The van der Waals surface area contributed by atoms with Crippen LogP contribution in [0.4, 0.5) is 5.95 Å². The lowest BCUT2D eigenvalue weighted by molar-refractivity contribution is -0.117. The fourth-order valence-corrected chi connectivity index (χ4v) is 4.57. The SMILES string of the molecule is C=CC(=O)NC1COC[C@@H]1Nc1ncc2cc(-c3c(Cl)c(OC)cc(OC)c3Cl)c(=O)n(C)c2n1. The molecule has 12 heteroatoms.